The Kier molecular flexibility index (Phi) is 10.4. The van der Waals surface area contributed by atoms with E-state index in [0.717, 1.165) is 49.9 Å². The van der Waals surface area contributed by atoms with Crippen molar-refractivity contribution in [3.63, 3.8) is 0 Å². The summed E-state index contributed by atoms with van der Waals surface area (Å²) < 4.78 is 6.05. The first-order valence-electron chi connectivity index (χ1n) is 11.8. The average molecular weight is 502 g/mol. The highest BCUT2D eigenvalue weighted by Crippen LogP contribution is 2.34. The minimum Gasteiger partial charge on any atom is -0.548 e. The minimum absolute atomic E-state index is 0. The number of likely N-dealkylation sites (tertiary alicyclic amines) is 1. The van der Waals surface area contributed by atoms with Crippen LogP contribution in [0.1, 0.15) is 61.4 Å². The van der Waals surface area contributed by atoms with Crippen LogP contribution in [0.5, 0.6) is 5.75 Å². The molecule has 8 nitrogen and oxygen atoms in total. The van der Waals surface area contributed by atoms with E-state index in [4.69, 9.17) is 15.9 Å². The molecule has 1 heterocycles. The number of hydrogen-bond donors (Lipinski definition) is 3. The molecule has 1 atom stereocenters. The van der Waals surface area contributed by atoms with Gasteiger partial charge in [-0.25, -0.2) is 0 Å². The summed E-state index contributed by atoms with van der Waals surface area (Å²) in [7, 11) is 0. The number of carbonyl (C=O) groups is 2. The molecule has 0 saturated carbocycles. The van der Waals surface area contributed by atoms with Crippen molar-refractivity contribution in [1.82, 2.24) is 4.90 Å². The number of nitrogens with two attached hydrogens (primary N) is 1. The van der Waals surface area contributed by atoms with Crippen molar-refractivity contribution in [3.8, 4) is 5.75 Å². The minimum atomic E-state index is -1.30. The molecule has 0 aliphatic carbocycles. The first-order valence-corrected chi connectivity index (χ1v) is 11.8. The number of halogens is 1. The molecule has 2 aromatic carbocycles. The summed E-state index contributed by atoms with van der Waals surface area (Å²) in [6, 6.07) is 9.27. The fourth-order valence-electron chi connectivity index (χ4n) is 4.20. The second-order valence-electron chi connectivity index (χ2n) is 8.54. The smallest absolute Gasteiger partial charge is 0.260 e. The number of rotatable bonds is 11. The van der Waals surface area contributed by atoms with E-state index >= 15 is 0 Å². The van der Waals surface area contributed by atoms with E-state index in [0.29, 0.717) is 29.0 Å². The van der Waals surface area contributed by atoms with Crippen molar-refractivity contribution in [2.45, 2.75) is 52.0 Å². The molecule has 4 N–H and O–H groups in total. The molecule has 190 valence electrons. The number of nitrogen functional groups attached to an aromatic ring is 1. The number of ether oxygens (including phenoxy) is 1. The predicted octanol–water partition coefficient (Wildman–Crippen LogP) is 2.81. The number of amidine groups is 1. The van der Waals surface area contributed by atoms with Crippen LogP contribution in [-0.2, 0) is 22.4 Å². The average Bonchev–Trinajstić information content (AvgIpc) is 3.36. The van der Waals surface area contributed by atoms with Crippen LogP contribution >= 0.6 is 12.4 Å². The van der Waals surface area contributed by atoms with Gasteiger partial charge in [0.05, 0.1) is 12.0 Å². The van der Waals surface area contributed by atoms with Crippen molar-refractivity contribution < 1.29 is 19.4 Å². The maximum atomic E-state index is 12.6. The van der Waals surface area contributed by atoms with Gasteiger partial charge in [0, 0.05) is 29.9 Å². The molecular formula is C26H34ClN4O4-. The van der Waals surface area contributed by atoms with Crippen LogP contribution in [0.2, 0.25) is 0 Å². The summed E-state index contributed by atoms with van der Waals surface area (Å²) in [5.74, 6) is -1.04. The normalized spacial score (nSPS) is 13.6. The molecule has 35 heavy (non-hydrogen) atoms. The molecule has 1 unspecified atom stereocenters. The fourth-order valence-corrected chi connectivity index (χ4v) is 4.20. The molecule has 1 aliphatic rings. The summed E-state index contributed by atoms with van der Waals surface area (Å²) in [4.78, 5) is 26.7. The second-order valence-corrected chi connectivity index (χ2v) is 8.54. The van der Waals surface area contributed by atoms with E-state index in [9.17, 15) is 14.7 Å². The molecule has 3 rings (SSSR count). The molecule has 1 aliphatic heterocycles. The van der Waals surface area contributed by atoms with Crippen LogP contribution in [0.15, 0.2) is 36.4 Å². The molecule has 9 heteroatoms. The highest BCUT2D eigenvalue weighted by Gasteiger charge is 2.24. The van der Waals surface area contributed by atoms with Crippen LogP contribution < -0.4 is 20.9 Å². The zero-order valence-electron chi connectivity index (χ0n) is 20.3. The topological polar surface area (TPSA) is 132 Å². The highest BCUT2D eigenvalue weighted by molar-refractivity contribution is 5.95. The van der Waals surface area contributed by atoms with Crippen molar-refractivity contribution >= 4 is 35.8 Å². The van der Waals surface area contributed by atoms with Gasteiger partial charge in [-0.05, 0) is 67.1 Å². The number of anilines is 1. The predicted molar refractivity (Wildman–Crippen MR) is 137 cm³/mol. The van der Waals surface area contributed by atoms with Gasteiger partial charge < -0.3 is 30.6 Å². The first kappa shape index (κ1) is 28.0. The van der Waals surface area contributed by atoms with E-state index in [1.807, 2.05) is 26.0 Å². The van der Waals surface area contributed by atoms with Crippen LogP contribution in [0, 0.1) is 5.41 Å². The Labute approximate surface area is 212 Å². The number of nitrogens with zero attached hydrogens (tertiary/aromatic N) is 1. The van der Waals surface area contributed by atoms with Gasteiger partial charge in [-0.1, -0.05) is 26.3 Å². The standard InChI is InChI=1S/C26H34N4O4.ClH/c1-3-7-19-14-17(4-2)15-21(24(19)34-16-22(31)30-12-5-6-13-30)23(26(32)33)29-20-10-8-18(9-11-20)25(27)28;/h8-11,14-15,23,29H,3-7,12-13,16H2,1-2H3,(H3,27,28)(H,32,33);1H/p-1. The number of carboxylic acids is 1. The lowest BCUT2D eigenvalue weighted by Crippen LogP contribution is -2.35. The molecule has 1 fully saturated rings. The van der Waals surface area contributed by atoms with Crippen LogP contribution in [-0.4, -0.2) is 42.3 Å². The third kappa shape index (κ3) is 7.11. The van der Waals surface area contributed by atoms with Gasteiger partial charge >= 0.3 is 0 Å². The van der Waals surface area contributed by atoms with Gasteiger partial charge in [-0.3, -0.25) is 10.2 Å². The van der Waals surface area contributed by atoms with Crippen molar-refractivity contribution in [3.05, 3.63) is 58.7 Å². The Morgan fingerprint density at radius 3 is 2.37 bits per heavy atom. The SMILES string of the molecule is CCCc1cc(CC)cc(C(Nc2ccc(C(=N)N)cc2)C(=O)[O-])c1OCC(=O)N1CCCC1.Cl. The van der Waals surface area contributed by atoms with Crippen LogP contribution in [0.4, 0.5) is 5.69 Å². The Hall–Kier alpha value is -3.26. The first-order chi connectivity index (χ1) is 16.3. The molecule has 0 radical (unpaired) electrons. The Morgan fingerprint density at radius 1 is 1.17 bits per heavy atom. The van der Waals surface area contributed by atoms with Crippen molar-refractivity contribution in [2.24, 2.45) is 5.73 Å². The Bertz CT molecular complexity index is 1040. The number of hydrogen-bond acceptors (Lipinski definition) is 6. The van der Waals surface area contributed by atoms with E-state index in [1.54, 1.807) is 29.2 Å². The molecule has 0 spiro atoms. The summed E-state index contributed by atoms with van der Waals surface area (Å²) in [6.07, 6.45) is 4.24. The summed E-state index contributed by atoms with van der Waals surface area (Å²) in [5.41, 5.74) is 8.90. The lowest BCUT2D eigenvalue weighted by atomic mass is 9.95. The zero-order chi connectivity index (χ0) is 24.7. The second kappa shape index (κ2) is 13.0. The number of carboxylic acid groups (broad SMARTS) is 1. The molecule has 2 aromatic rings. The van der Waals surface area contributed by atoms with E-state index < -0.39 is 12.0 Å². The van der Waals surface area contributed by atoms with E-state index in [2.05, 4.69) is 5.32 Å². The Balaban J connectivity index is 0.00000432. The zero-order valence-corrected chi connectivity index (χ0v) is 21.1. The van der Waals surface area contributed by atoms with Gasteiger partial charge in [-0.15, -0.1) is 12.4 Å². The third-order valence-electron chi connectivity index (χ3n) is 6.03. The van der Waals surface area contributed by atoms with Crippen LogP contribution in [0.3, 0.4) is 0 Å². The van der Waals surface area contributed by atoms with E-state index in [1.165, 1.54) is 0 Å². The lowest BCUT2D eigenvalue weighted by molar-refractivity contribution is -0.307. The van der Waals surface area contributed by atoms with Gasteiger partial charge in [-0.2, -0.15) is 0 Å². The quantitative estimate of drug-likeness (QED) is 0.320. The van der Waals surface area contributed by atoms with Crippen molar-refractivity contribution in [2.75, 3.05) is 25.0 Å². The van der Waals surface area contributed by atoms with Gasteiger partial charge in [0.1, 0.15) is 11.6 Å². The number of aliphatic carboxylic acids is 1. The molecule has 1 saturated heterocycles. The number of benzene rings is 2. The van der Waals surface area contributed by atoms with Gasteiger partial charge in [0.2, 0.25) is 0 Å². The number of nitrogens with one attached hydrogen (secondary N) is 2. The molecule has 0 aromatic heterocycles. The monoisotopic (exact) mass is 501 g/mol. The fraction of sp³-hybridized carbons (Fsp3) is 0.423. The van der Waals surface area contributed by atoms with Crippen LogP contribution in [0.25, 0.3) is 0 Å². The maximum absolute atomic E-state index is 12.6. The molecule has 1 amide bonds. The third-order valence-corrected chi connectivity index (χ3v) is 6.03. The molecular weight excluding hydrogens is 468 g/mol. The Morgan fingerprint density at radius 2 is 1.83 bits per heavy atom. The van der Waals surface area contributed by atoms with Gasteiger partial charge in [0.15, 0.2) is 6.61 Å². The maximum Gasteiger partial charge on any atom is 0.260 e. The summed E-state index contributed by atoms with van der Waals surface area (Å²) >= 11 is 0. The summed E-state index contributed by atoms with van der Waals surface area (Å²) in [6.45, 7) is 5.37. The highest BCUT2D eigenvalue weighted by atomic mass is 35.5. The lowest BCUT2D eigenvalue weighted by Gasteiger charge is -2.27. The van der Waals surface area contributed by atoms with Crippen molar-refractivity contribution in [1.29, 1.82) is 5.41 Å². The number of aryl methyl sites for hydroxylation is 2. The van der Waals surface area contributed by atoms with Gasteiger partial charge in [0.25, 0.3) is 5.91 Å². The summed E-state index contributed by atoms with van der Waals surface area (Å²) in [5, 5.41) is 22.8. The number of carbonyl (C=O) groups excluding carboxylic acids is 2. The largest absolute Gasteiger partial charge is 0.548 e. The van der Waals surface area contributed by atoms with E-state index in [-0.39, 0.29) is 30.8 Å². The molecule has 0 bridgehead atoms. The number of amides is 1.